The summed E-state index contributed by atoms with van der Waals surface area (Å²) in [6.07, 6.45) is 3.12. The van der Waals surface area contributed by atoms with Gasteiger partial charge in [0.1, 0.15) is 0 Å². The van der Waals surface area contributed by atoms with Crippen LogP contribution in [0.2, 0.25) is 0 Å². The fourth-order valence-corrected chi connectivity index (χ4v) is 3.84. The molecule has 24 heavy (non-hydrogen) atoms. The molecular weight excluding hydrogens is 295 g/mol. The van der Waals surface area contributed by atoms with Crippen molar-refractivity contribution >= 4 is 12.6 Å². The zero-order chi connectivity index (χ0) is 17.0. The summed E-state index contributed by atoms with van der Waals surface area (Å²) in [7, 11) is -0.281. The lowest BCUT2D eigenvalue weighted by atomic mass is 9.68. The van der Waals surface area contributed by atoms with Crippen molar-refractivity contribution in [3.8, 4) is 0 Å². The van der Waals surface area contributed by atoms with Crippen molar-refractivity contribution in [2.75, 3.05) is 0 Å². The van der Waals surface area contributed by atoms with Gasteiger partial charge in [0.2, 0.25) is 0 Å². The van der Waals surface area contributed by atoms with Gasteiger partial charge in [0, 0.05) is 18.4 Å². The molecule has 0 N–H and O–H groups in total. The first kappa shape index (κ1) is 17.3. The third-order valence-corrected chi connectivity index (χ3v) is 5.45. The predicted octanol–water partition coefficient (Wildman–Crippen LogP) is 4.23. The van der Waals surface area contributed by atoms with Crippen LogP contribution < -0.4 is 5.46 Å². The smallest absolute Gasteiger partial charge is 0.404 e. The van der Waals surface area contributed by atoms with E-state index >= 15 is 0 Å². The second-order valence-electron chi connectivity index (χ2n) is 6.81. The first-order chi connectivity index (χ1) is 11.7. The molecule has 0 saturated carbocycles. The maximum Gasteiger partial charge on any atom is 0.494 e. The Morgan fingerprint density at radius 1 is 0.958 bits per heavy atom. The van der Waals surface area contributed by atoms with E-state index in [9.17, 15) is 0 Å². The van der Waals surface area contributed by atoms with Crippen LogP contribution in [-0.4, -0.2) is 18.8 Å². The van der Waals surface area contributed by atoms with Gasteiger partial charge in [-0.2, -0.15) is 0 Å². The Hall–Kier alpha value is -1.58. The molecule has 0 aromatic heterocycles. The van der Waals surface area contributed by atoms with Crippen LogP contribution in [-0.2, 0) is 15.7 Å². The maximum absolute atomic E-state index is 6.64. The monoisotopic (exact) mass is 322 g/mol. The second-order valence-corrected chi connectivity index (χ2v) is 6.81. The molecule has 3 rings (SSSR count). The molecule has 1 heterocycles. The highest BCUT2D eigenvalue weighted by molar-refractivity contribution is 6.61. The average molecular weight is 322 g/mol. The number of rotatable bonds is 5. The summed E-state index contributed by atoms with van der Waals surface area (Å²) >= 11 is 0. The highest BCUT2D eigenvalue weighted by Gasteiger charge is 2.48. The number of benzene rings is 2. The van der Waals surface area contributed by atoms with E-state index < -0.39 is 0 Å². The molecule has 1 fully saturated rings. The molecule has 1 saturated heterocycles. The molecule has 0 aliphatic carbocycles. The van der Waals surface area contributed by atoms with E-state index in [1.807, 2.05) is 18.2 Å². The average Bonchev–Trinajstić information content (AvgIpc) is 2.65. The molecule has 0 unspecified atom stereocenters. The first-order valence-electron chi connectivity index (χ1n) is 9.10. The summed E-state index contributed by atoms with van der Waals surface area (Å²) in [6, 6.07) is 21.0. The summed E-state index contributed by atoms with van der Waals surface area (Å²) in [5, 5.41) is 0. The lowest BCUT2D eigenvalue weighted by Crippen LogP contribution is -2.60. The van der Waals surface area contributed by atoms with Crippen LogP contribution in [0.5, 0.6) is 0 Å². The Morgan fingerprint density at radius 3 is 2.17 bits per heavy atom. The quantitative estimate of drug-likeness (QED) is 0.767. The summed E-state index contributed by atoms with van der Waals surface area (Å²) in [4.78, 5) is 0. The molecule has 2 aromatic rings. The van der Waals surface area contributed by atoms with E-state index in [1.54, 1.807) is 0 Å². The first-order valence-corrected chi connectivity index (χ1v) is 9.10. The Kier molecular flexibility index (Phi) is 5.42. The van der Waals surface area contributed by atoms with E-state index in [4.69, 9.17) is 9.31 Å². The fourth-order valence-electron chi connectivity index (χ4n) is 3.84. The molecule has 2 nitrogen and oxygen atoms in total. The highest BCUT2D eigenvalue weighted by Crippen LogP contribution is 2.39. The Morgan fingerprint density at radius 2 is 1.58 bits per heavy atom. The van der Waals surface area contributed by atoms with Crippen molar-refractivity contribution in [2.24, 2.45) is 5.92 Å². The molecular formula is C21H27BO2. The van der Waals surface area contributed by atoms with Gasteiger partial charge >= 0.3 is 7.12 Å². The molecule has 0 radical (unpaired) electrons. The minimum atomic E-state index is -0.281. The van der Waals surface area contributed by atoms with E-state index in [0.717, 1.165) is 24.7 Å². The molecule has 3 atom stereocenters. The summed E-state index contributed by atoms with van der Waals surface area (Å²) < 4.78 is 12.9. The van der Waals surface area contributed by atoms with Crippen LogP contribution in [0.3, 0.4) is 0 Å². The van der Waals surface area contributed by atoms with Crippen LogP contribution in [0, 0.1) is 5.92 Å². The van der Waals surface area contributed by atoms with Crippen LogP contribution in [0.15, 0.2) is 60.7 Å². The number of hydrogen-bond donors (Lipinski definition) is 0. The summed E-state index contributed by atoms with van der Waals surface area (Å²) in [6.45, 7) is 6.72. The Balaban J connectivity index is 1.92. The van der Waals surface area contributed by atoms with Gasteiger partial charge in [-0.05, 0) is 23.9 Å². The van der Waals surface area contributed by atoms with Crippen molar-refractivity contribution in [2.45, 2.75) is 51.7 Å². The van der Waals surface area contributed by atoms with Crippen molar-refractivity contribution < 1.29 is 9.31 Å². The molecule has 3 heteroatoms. The minimum Gasteiger partial charge on any atom is -0.404 e. The molecule has 0 bridgehead atoms. The van der Waals surface area contributed by atoms with Gasteiger partial charge in [0.05, 0.1) is 5.60 Å². The molecule has 1 aliphatic heterocycles. The summed E-state index contributed by atoms with van der Waals surface area (Å²) in [5.41, 5.74) is 2.24. The van der Waals surface area contributed by atoms with Crippen LogP contribution in [0.4, 0.5) is 0 Å². The van der Waals surface area contributed by atoms with Gasteiger partial charge in [-0.15, -0.1) is 0 Å². The van der Waals surface area contributed by atoms with Crippen LogP contribution in [0.25, 0.3) is 0 Å². The van der Waals surface area contributed by atoms with Crippen molar-refractivity contribution in [1.29, 1.82) is 0 Å². The van der Waals surface area contributed by atoms with E-state index in [1.165, 1.54) is 5.56 Å². The third-order valence-electron chi connectivity index (χ3n) is 5.45. The lowest BCUT2D eigenvalue weighted by Gasteiger charge is -2.49. The van der Waals surface area contributed by atoms with Crippen molar-refractivity contribution in [3.05, 3.63) is 66.2 Å². The molecule has 126 valence electrons. The molecule has 2 aromatic carbocycles. The van der Waals surface area contributed by atoms with Gasteiger partial charge in [0.25, 0.3) is 0 Å². The standard InChI is InChI=1S/C21H27BO2/c1-4-20-17(3)21(5-2,16-18-12-8-6-9-13-18)24-22(23-20)19-14-10-7-11-15-19/h6-15,17,20H,4-5,16H2,1-3H3/t17-,20+,21+/m0/s1. The molecule has 0 amide bonds. The Bertz CT molecular complexity index is 631. The predicted molar refractivity (Wildman–Crippen MR) is 100 cm³/mol. The van der Waals surface area contributed by atoms with Gasteiger partial charge in [0.15, 0.2) is 0 Å². The van der Waals surface area contributed by atoms with Crippen LogP contribution >= 0.6 is 0 Å². The molecule has 1 aliphatic rings. The van der Waals surface area contributed by atoms with Gasteiger partial charge in [-0.1, -0.05) is 81.4 Å². The van der Waals surface area contributed by atoms with Crippen molar-refractivity contribution in [1.82, 2.24) is 0 Å². The van der Waals surface area contributed by atoms with Gasteiger partial charge in [-0.25, -0.2) is 0 Å². The van der Waals surface area contributed by atoms with E-state index in [-0.39, 0.29) is 18.8 Å². The topological polar surface area (TPSA) is 18.5 Å². The lowest BCUT2D eigenvalue weighted by molar-refractivity contribution is -0.103. The minimum absolute atomic E-state index is 0.194. The zero-order valence-corrected chi connectivity index (χ0v) is 14.9. The largest absolute Gasteiger partial charge is 0.494 e. The summed E-state index contributed by atoms with van der Waals surface area (Å²) in [5.74, 6) is 0.354. The van der Waals surface area contributed by atoms with Crippen LogP contribution in [0.1, 0.15) is 39.2 Å². The van der Waals surface area contributed by atoms with E-state index in [2.05, 4.69) is 63.2 Å². The van der Waals surface area contributed by atoms with Crippen molar-refractivity contribution in [3.63, 3.8) is 0 Å². The Labute approximate surface area is 146 Å². The third kappa shape index (κ3) is 3.43. The SMILES string of the molecule is CC[C@H]1OB(c2ccccc2)O[C@](CC)(Cc2ccccc2)[C@H]1C. The maximum atomic E-state index is 6.64. The highest BCUT2D eigenvalue weighted by atomic mass is 16.6. The normalized spacial score (nSPS) is 27.2. The van der Waals surface area contributed by atoms with Gasteiger partial charge in [-0.3, -0.25) is 0 Å². The van der Waals surface area contributed by atoms with E-state index in [0.29, 0.717) is 5.92 Å². The molecule has 0 spiro atoms. The zero-order valence-electron chi connectivity index (χ0n) is 14.9. The second kappa shape index (κ2) is 7.54. The number of hydrogen-bond acceptors (Lipinski definition) is 2. The fraction of sp³-hybridized carbons (Fsp3) is 0.429. The van der Waals surface area contributed by atoms with Gasteiger partial charge < -0.3 is 9.31 Å².